The van der Waals surface area contributed by atoms with Crippen molar-refractivity contribution in [3.8, 4) is 0 Å². The van der Waals surface area contributed by atoms with Crippen LogP contribution in [0.15, 0.2) is 12.2 Å². The second-order valence-electron chi connectivity index (χ2n) is 6.20. The summed E-state index contributed by atoms with van der Waals surface area (Å²) in [4.78, 5) is 0. The Morgan fingerprint density at radius 3 is 2.18 bits per heavy atom. The van der Waals surface area contributed by atoms with Gasteiger partial charge in [-0.1, -0.05) is 12.2 Å². The summed E-state index contributed by atoms with van der Waals surface area (Å²) in [5.41, 5.74) is 0. The fraction of sp³-hybridized carbons (Fsp3) is 0.882. The highest BCUT2D eigenvalue weighted by Crippen LogP contribution is 2.44. The van der Waals surface area contributed by atoms with Gasteiger partial charge in [-0.05, 0) is 69.3 Å². The van der Waals surface area contributed by atoms with Gasteiger partial charge in [0.05, 0.1) is 0 Å². The molecule has 1 fully saturated rings. The quantitative estimate of drug-likeness (QED) is 0.298. The maximum atomic E-state index is 5.91. The first-order valence-electron chi connectivity index (χ1n) is 8.91. The zero-order valence-corrected chi connectivity index (χ0v) is 16.2. The standard InChI is InChI=1S/C17H32O3SSi/c1-4-18-22(19-5-2,20-6-3)11-7-10-21-14-17-13-15-8-9-16(17)12-15/h8-9,15-17H,4-7,10-14H2,1-3H3. The highest BCUT2D eigenvalue weighted by atomic mass is 32.2. The van der Waals surface area contributed by atoms with Crippen LogP contribution in [0.25, 0.3) is 0 Å². The number of rotatable bonds is 12. The van der Waals surface area contributed by atoms with E-state index in [2.05, 4.69) is 23.9 Å². The van der Waals surface area contributed by atoms with E-state index in [4.69, 9.17) is 13.3 Å². The maximum absolute atomic E-state index is 5.91. The van der Waals surface area contributed by atoms with Gasteiger partial charge in [-0.2, -0.15) is 11.8 Å². The highest BCUT2D eigenvalue weighted by Gasteiger charge is 2.39. The van der Waals surface area contributed by atoms with Crippen molar-refractivity contribution >= 4 is 20.6 Å². The molecule has 0 N–H and O–H groups in total. The van der Waals surface area contributed by atoms with Gasteiger partial charge < -0.3 is 13.3 Å². The van der Waals surface area contributed by atoms with E-state index in [1.165, 1.54) is 24.3 Å². The molecule has 0 aromatic rings. The number of hydrogen-bond donors (Lipinski definition) is 0. The molecule has 128 valence electrons. The molecule has 2 aliphatic rings. The van der Waals surface area contributed by atoms with Gasteiger partial charge in [0.15, 0.2) is 0 Å². The van der Waals surface area contributed by atoms with Crippen LogP contribution < -0.4 is 0 Å². The SMILES string of the molecule is CCO[Si](CCCSCC1CC2C=CC1C2)(OCC)OCC. The van der Waals surface area contributed by atoms with Gasteiger partial charge in [-0.25, -0.2) is 0 Å². The fourth-order valence-corrected chi connectivity index (χ4v) is 7.78. The van der Waals surface area contributed by atoms with Gasteiger partial charge in [0, 0.05) is 25.9 Å². The molecule has 0 heterocycles. The summed E-state index contributed by atoms with van der Waals surface area (Å²) in [6.45, 7) is 8.11. The molecule has 3 nitrogen and oxygen atoms in total. The van der Waals surface area contributed by atoms with Gasteiger partial charge in [-0.3, -0.25) is 0 Å². The van der Waals surface area contributed by atoms with E-state index < -0.39 is 8.80 Å². The van der Waals surface area contributed by atoms with E-state index in [0.29, 0.717) is 19.8 Å². The molecule has 3 atom stereocenters. The average Bonchev–Trinajstić information content (AvgIpc) is 3.10. The Hall–Kier alpha value is 0.187. The van der Waals surface area contributed by atoms with Crippen molar-refractivity contribution < 1.29 is 13.3 Å². The summed E-state index contributed by atoms with van der Waals surface area (Å²) in [5.74, 6) is 5.20. The third kappa shape index (κ3) is 5.10. The molecule has 1 saturated carbocycles. The van der Waals surface area contributed by atoms with Gasteiger partial charge in [0.2, 0.25) is 0 Å². The van der Waals surface area contributed by atoms with Crippen LogP contribution in [0.4, 0.5) is 0 Å². The van der Waals surface area contributed by atoms with Crippen LogP contribution in [0.2, 0.25) is 6.04 Å². The van der Waals surface area contributed by atoms with Crippen molar-refractivity contribution in [3.63, 3.8) is 0 Å². The molecule has 0 aliphatic heterocycles. The number of hydrogen-bond acceptors (Lipinski definition) is 4. The zero-order valence-electron chi connectivity index (χ0n) is 14.4. The first-order valence-corrected chi connectivity index (χ1v) is 12.0. The minimum atomic E-state index is -2.41. The van der Waals surface area contributed by atoms with Crippen molar-refractivity contribution in [2.24, 2.45) is 17.8 Å². The van der Waals surface area contributed by atoms with E-state index in [-0.39, 0.29) is 0 Å². The van der Waals surface area contributed by atoms with E-state index >= 15 is 0 Å². The summed E-state index contributed by atoms with van der Waals surface area (Å²) < 4.78 is 17.7. The normalized spacial score (nSPS) is 27.0. The van der Waals surface area contributed by atoms with Crippen LogP contribution in [0.1, 0.15) is 40.0 Å². The molecule has 5 heteroatoms. The van der Waals surface area contributed by atoms with Crippen molar-refractivity contribution in [1.29, 1.82) is 0 Å². The Bertz CT molecular complexity index is 334. The Morgan fingerprint density at radius 1 is 1.00 bits per heavy atom. The van der Waals surface area contributed by atoms with Gasteiger partial charge in [0.25, 0.3) is 0 Å². The third-order valence-corrected chi connectivity index (χ3v) is 9.01. The number of fused-ring (bicyclic) bond motifs is 2. The van der Waals surface area contributed by atoms with Crippen molar-refractivity contribution in [3.05, 3.63) is 12.2 Å². The van der Waals surface area contributed by atoms with Crippen molar-refractivity contribution in [2.45, 2.75) is 46.1 Å². The molecule has 2 bridgehead atoms. The molecule has 0 aromatic carbocycles. The molecule has 0 spiro atoms. The minimum absolute atomic E-state index is 0.677. The molecule has 0 radical (unpaired) electrons. The summed E-state index contributed by atoms with van der Waals surface area (Å²) in [6.07, 6.45) is 8.85. The monoisotopic (exact) mass is 344 g/mol. The highest BCUT2D eigenvalue weighted by molar-refractivity contribution is 7.99. The van der Waals surface area contributed by atoms with Crippen molar-refractivity contribution in [2.75, 3.05) is 31.3 Å². The van der Waals surface area contributed by atoms with Crippen LogP contribution in [0, 0.1) is 17.8 Å². The van der Waals surface area contributed by atoms with Gasteiger partial charge >= 0.3 is 8.80 Å². The maximum Gasteiger partial charge on any atom is 0.500 e. The smallest absolute Gasteiger partial charge is 0.374 e. The van der Waals surface area contributed by atoms with Gasteiger partial charge in [0.1, 0.15) is 0 Å². The fourth-order valence-electron chi connectivity index (χ4n) is 3.71. The second-order valence-corrected chi connectivity index (χ2v) is 10.1. The summed E-state index contributed by atoms with van der Waals surface area (Å²) in [6, 6.07) is 0.951. The van der Waals surface area contributed by atoms with E-state index in [0.717, 1.165) is 30.2 Å². The van der Waals surface area contributed by atoms with Crippen LogP contribution in [-0.2, 0) is 13.3 Å². The molecular formula is C17H32O3SSi. The van der Waals surface area contributed by atoms with Crippen LogP contribution in [-0.4, -0.2) is 40.1 Å². The molecule has 2 aliphatic carbocycles. The number of allylic oxidation sites excluding steroid dienone is 2. The summed E-state index contributed by atoms with van der Waals surface area (Å²) >= 11 is 2.11. The van der Waals surface area contributed by atoms with E-state index in [1.807, 2.05) is 20.8 Å². The lowest BCUT2D eigenvalue weighted by Crippen LogP contribution is -2.46. The lowest BCUT2D eigenvalue weighted by molar-refractivity contribution is 0.0712. The molecular weight excluding hydrogens is 312 g/mol. The lowest BCUT2D eigenvalue weighted by atomic mass is 9.96. The molecule has 0 aromatic heterocycles. The summed E-state index contributed by atoms with van der Waals surface area (Å²) in [5, 5.41) is 0. The predicted molar refractivity (Wildman–Crippen MR) is 96.2 cm³/mol. The third-order valence-electron chi connectivity index (χ3n) is 4.61. The molecule has 3 unspecified atom stereocenters. The first kappa shape index (κ1) is 18.5. The molecule has 22 heavy (non-hydrogen) atoms. The largest absolute Gasteiger partial charge is 0.500 e. The van der Waals surface area contributed by atoms with Crippen LogP contribution >= 0.6 is 11.8 Å². The second kappa shape index (κ2) is 9.47. The zero-order chi connectivity index (χ0) is 15.8. The predicted octanol–water partition coefficient (Wildman–Crippen LogP) is 4.37. The molecule has 0 amide bonds. The van der Waals surface area contributed by atoms with Crippen molar-refractivity contribution in [1.82, 2.24) is 0 Å². The molecule has 0 saturated heterocycles. The Kier molecular flexibility index (Phi) is 7.98. The van der Waals surface area contributed by atoms with Crippen LogP contribution in [0.3, 0.4) is 0 Å². The van der Waals surface area contributed by atoms with E-state index in [9.17, 15) is 0 Å². The summed E-state index contributed by atoms with van der Waals surface area (Å²) in [7, 11) is -2.41. The average molecular weight is 345 g/mol. The van der Waals surface area contributed by atoms with Crippen LogP contribution in [0.5, 0.6) is 0 Å². The first-order chi connectivity index (χ1) is 10.7. The minimum Gasteiger partial charge on any atom is -0.374 e. The lowest BCUT2D eigenvalue weighted by Gasteiger charge is -2.28. The topological polar surface area (TPSA) is 27.7 Å². The van der Waals surface area contributed by atoms with Gasteiger partial charge in [-0.15, -0.1) is 0 Å². The molecule has 2 rings (SSSR count). The Morgan fingerprint density at radius 2 is 1.68 bits per heavy atom. The Balaban J connectivity index is 1.65. The van der Waals surface area contributed by atoms with E-state index in [1.54, 1.807) is 0 Å². The Labute approximate surface area is 141 Å². The number of thioether (sulfide) groups is 1.